The monoisotopic (exact) mass is 321 g/mol. The van der Waals surface area contributed by atoms with E-state index in [-0.39, 0.29) is 22.9 Å². The van der Waals surface area contributed by atoms with Crippen LogP contribution in [0.1, 0.15) is 17.0 Å². The number of ether oxygens (including phenoxy) is 1. The van der Waals surface area contributed by atoms with Crippen LogP contribution in [-0.4, -0.2) is 15.9 Å². The van der Waals surface area contributed by atoms with Gasteiger partial charge in [-0.05, 0) is 13.0 Å². The maximum atomic E-state index is 12.9. The van der Waals surface area contributed by atoms with Gasteiger partial charge in [0.2, 0.25) is 17.7 Å². The molecular formula is C16H11N5O3. The highest BCUT2D eigenvalue weighted by molar-refractivity contribution is 6.12. The Kier molecular flexibility index (Phi) is 2.60. The summed E-state index contributed by atoms with van der Waals surface area (Å²) < 4.78 is 5.37. The number of benzene rings is 1. The first-order valence-corrected chi connectivity index (χ1v) is 7.10. The predicted octanol–water partition coefficient (Wildman–Crippen LogP) is 0.403. The quantitative estimate of drug-likeness (QED) is 0.643. The second-order valence-corrected chi connectivity index (χ2v) is 5.53. The fourth-order valence-corrected chi connectivity index (χ4v) is 3.32. The predicted molar refractivity (Wildman–Crippen MR) is 82.9 cm³/mol. The van der Waals surface area contributed by atoms with Crippen molar-refractivity contribution in [2.75, 3.05) is 5.32 Å². The first-order chi connectivity index (χ1) is 11.5. The Balaban J connectivity index is 2.22. The lowest BCUT2D eigenvalue weighted by atomic mass is 9.70. The highest BCUT2D eigenvalue weighted by atomic mass is 16.5. The van der Waals surface area contributed by atoms with Crippen LogP contribution in [0.2, 0.25) is 0 Å². The Morgan fingerprint density at radius 2 is 2.08 bits per heavy atom. The Labute approximate surface area is 135 Å². The van der Waals surface area contributed by atoms with E-state index in [0.717, 1.165) is 0 Å². The van der Waals surface area contributed by atoms with Gasteiger partial charge in [0, 0.05) is 11.3 Å². The van der Waals surface area contributed by atoms with Gasteiger partial charge in [-0.2, -0.15) is 10.2 Å². The highest BCUT2D eigenvalue weighted by Crippen LogP contribution is 2.51. The number of aryl methyl sites for hydroxylation is 1. The lowest BCUT2D eigenvalue weighted by molar-refractivity contribution is -0.118. The number of H-pyrrole nitrogens is 1. The molecule has 1 amide bonds. The minimum atomic E-state index is -1.67. The number of aromatic nitrogens is 2. The maximum absolute atomic E-state index is 12.9. The molecule has 0 aliphatic carbocycles. The van der Waals surface area contributed by atoms with Crippen LogP contribution in [0.3, 0.4) is 0 Å². The number of nitrogens with one attached hydrogen (secondary N) is 2. The van der Waals surface area contributed by atoms with Crippen molar-refractivity contribution in [3.05, 3.63) is 63.0 Å². The molecule has 0 radical (unpaired) electrons. The summed E-state index contributed by atoms with van der Waals surface area (Å²) in [5, 5.41) is 12.3. The van der Waals surface area contributed by atoms with Gasteiger partial charge in [-0.1, -0.05) is 18.2 Å². The van der Waals surface area contributed by atoms with Gasteiger partial charge < -0.3 is 20.8 Å². The van der Waals surface area contributed by atoms with Crippen molar-refractivity contribution in [3.8, 4) is 11.9 Å². The number of amides is 1. The SMILES string of the molecule is Cc1nc2c(c(=O)[nH]1)C1(C(=O)Nc3ccccc31)C(C#N)=C(N)O2. The standard InChI is InChI=1S/C16H11N5O3/c1-7-19-13(22)11-14(20-7)24-12(18)9(6-17)16(11)8-4-2-3-5-10(8)21-15(16)23/h2-5H,18H2,1H3,(H,21,23)(H,19,20,22). The molecule has 2 aliphatic heterocycles. The van der Waals surface area contributed by atoms with Crippen LogP contribution >= 0.6 is 0 Å². The molecule has 8 nitrogen and oxygen atoms in total. The average Bonchev–Trinajstić information content (AvgIpc) is 2.80. The number of nitriles is 1. The number of hydrogen-bond donors (Lipinski definition) is 3. The van der Waals surface area contributed by atoms with E-state index >= 15 is 0 Å². The second-order valence-electron chi connectivity index (χ2n) is 5.53. The molecule has 0 saturated heterocycles. The third-order valence-electron chi connectivity index (χ3n) is 4.24. The summed E-state index contributed by atoms with van der Waals surface area (Å²) >= 11 is 0. The molecule has 0 fully saturated rings. The number of anilines is 1. The molecule has 4 N–H and O–H groups in total. The number of aromatic amines is 1. The molecule has 4 rings (SSSR count). The van der Waals surface area contributed by atoms with Gasteiger partial charge in [-0.25, -0.2) is 0 Å². The van der Waals surface area contributed by atoms with Crippen LogP contribution < -0.4 is 21.3 Å². The minimum absolute atomic E-state index is 0.0405. The van der Waals surface area contributed by atoms with Crippen molar-refractivity contribution in [1.29, 1.82) is 5.26 Å². The number of para-hydroxylation sites is 1. The van der Waals surface area contributed by atoms with Gasteiger partial charge in [0.15, 0.2) is 5.41 Å². The number of hydrogen-bond acceptors (Lipinski definition) is 6. The van der Waals surface area contributed by atoms with Gasteiger partial charge in [-0.15, -0.1) is 0 Å². The lowest BCUT2D eigenvalue weighted by Gasteiger charge is -2.31. The maximum Gasteiger partial charge on any atom is 0.259 e. The summed E-state index contributed by atoms with van der Waals surface area (Å²) in [6.45, 7) is 1.58. The van der Waals surface area contributed by atoms with E-state index in [2.05, 4.69) is 15.3 Å². The fraction of sp³-hybridized carbons (Fsp3) is 0.125. The van der Waals surface area contributed by atoms with Gasteiger partial charge in [0.1, 0.15) is 23.0 Å². The molecule has 24 heavy (non-hydrogen) atoms. The molecule has 1 aromatic heterocycles. The molecule has 1 atom stereocenters. The summed E-state index contributed by atoms with van der Waals surface area (Å²) in [6, 6.07) is 8.76. The lowest BCUT2D eigenvalue weighted by Crippen LogP contribution is -2.46. The molecular weight excluding hydrogens is 310 g/mol. The van der Waals surface area contributed by atoms with Crippen LogP contribution in [0.25, 0.3) is 0 Å². The third-order valence-corrected chi connectivity index (χ3v) is 4.24. The zero-order chi connectivity index (χ0) is 17.1. The molecule has 3 heterocycles. The Morgan fingerprint density at radius 1 is 1.33 bits per heavy atom. The van der Waals surface area contributed by atoms with E-state index in [9.17, 15) is 14.9 Å². The molecule has 1 aromatic carbocycles. The number of nitrogens with zero attached hydrogens (tertiary/aromatic N) is 2. The van der Waals surface area contributed by atoms with Crippen molar-refractivity contribution in [2.45, 2.75) is 12.3 Å². The largest absolute Gasteiger partial charge is 0.422 e. The van der Waals surface area contributed by atoms with E-state index in [1.807, 2.05) is 6.07 Å². The minimum Gasteiger partial charge on any atom is -0.422 e. The Hall–Kier alpha value is -3.60. The first-order valence-electron chi connectivity index (χ1n) is 7.10. The average molecular weight is 321 g/mol. The Morgan fingerprint density at radius 3 is 2.83 bits per heavy atom. The van der Waals surface area contributed by atoms with Gasteiger partial charge in [0.05, 0.1) is 0 Å². The van der Waals surface area contributed by atoms with Crippen LogP contribution in [-0.2, 0) is 10.2 Å². The van der Waals surface area contributed by atoms with E-state index in [0.29, 0.717) is 17.1 Å². The summed E-state index contributed by atoms with van der Waals surface area (Å²) in [5.74, 6) is -0.536. The van der Waals surface area contributed by atoms with E-state index in [1.54, 1.807) is 31.2 Å². The van der Waals surface area contributed by atoms with Crippen LogP contribution in [0, 0.1) is 18.3 Å². The van der Waals surface area contributed by atoms with Crippen molar-refractivity contribution in [3.63, 3.8) is 0 Å². The number of carbonyl (C=O) groups excluding carboxylic acids is 1. The zero-order valence-electron chi connectivity index (χ0n) is 12.5. The molecule has 118 valence electrons. The van der Waals surface area contributed by atoms with E-state index < -0.39 is 16.9 Å². The third kappa shape index (κ3) is 1.48. The van der Waals surface area contributed by atoms with Crippen molar-refractivity contribution >= 4 is 11.6 Å². The number of nitrogens with two attached hydrogens (primary N) is 1. The van der Waals surface area contributed by atoms with Crippen molar-refractivity contribution in [2.24, 2.45) is 5.73 Å². The Bertz CT molecular complexity index is 1050. The zero-order valence-corrected chi connectivity index (χ0v) is 12.5. The first kappa shape index (κ1) is 14.0. The molecule has 1 spiro atoms. The van der Waals surface area contributed by atoms with Crippen LogP contribution in [0.15, 0.2) is 40.5 Å². The second kappa shape index (κ2) is 4.45. The molecule has 8 heteroatoms. The van der Waals surface area contributed by atoms with Gasteiger partial charge in [-0.3, -0.25) is 9.59 Å². The number of rotatable bonds is 0. The summed E-state index contributed by atoms with van der Waals surface area (Å²) in [4.78, 5) is 32.3. The summed E-state index contributed by atoms with van der Waals surface area (Å²) in [7, 11) is 0. The summed E-state index contributed by atoms with van der Waals surface area (Å²) in [6.07, 6.45) is 0. The smallest absolute Gasteiger partial charge is 0.259 e. The molecule has 2 aliphatic rings. The normalized spacial score (nSPS) is 20.9. The summed E-state index contributed by atoms with van der Waals surface area (Å²) in [5.41, 5.74) is 4.47. The van der Waals surface area contributed by atoms with Crippen LogP contribution in [0.5, 0.6) is 5.88 Å². The molecule has 0 saturated carbocycles. The van der Waals surface area contributed by atoms with Gasteiger partial charge >= 0.3 is 0 Å². The highest BCUT2D eigenvalue weighted by Gasteiger charge is 2.58. The fourth-order valence-electron chi connectivity index (χ4n) is 3.32. The van der Waals surface area contributed by atoms with Crippen molar-refractivity contribution < 1.29 is 9.53 Å². The topological polar surface area (TPSA) is 134 Å². The molecule has 1 unspecified atom stereocenters. The van der Waals surface area contributed by atoms with E-state index in [1.165, 1.54) is 0 Å². The van der Waals surface area contributed by atoms with E-state index in [4.69, 9.17) is 10.5 Å². The van der Waals surface area contributed by atoms with Gasteiger partial charge in [0.25, 0.3) is 5.56 Å². The molecule has 0 bridgehead atoms. The van der Waals surface area contributed by atoms with Crippen molar-refractivity contribution in [1.82, 2.24) is 9.97 Å². The molecule has 2 aromatic rings. The number of carbonyl (C=O) groups is 1. The number of fused-ring (bicyclic) bond motifs is 4. The van der Waals surface area contributed by atoms with Crippen LogP contribution in [0.4, 0.5) is 5.69 Å².